The van der Waals surface area contributed by atoms with Gasteiger partial charge in [-0.05, 0) is 48.1 Å². The first-order chi connectivity index (χ1) is 15.7. The Bertz CT molecular complexity index is 1020. The number of nitrogens with two attached hydrogens (primary N) is 1. The van der Waals surface area contributed by atoms with E-state index in [9.17, 15) is 27.6 Å². The summed E-state index contributed by atoms with van der Waals surface area (Å²) < 4.78 is 36.7. The summed E-state index contributed by atoms with van der Waals surface area (Å²) in [6.45, 7) is 0.464. The van der Waals surface area contributed by atoms with Crippen LogP contribution in [0.5, 0.6) is 0 Å². The van der Waals surface area contributed by atoms with Crippen LogP contribution in [0.15, 0.2) is 48.5 Å². The van der Waals surface area contributed by atoms with Gasteiger partial charge in [0.2, 0.25) is 0 Å². The number of nitrogens with one attached hydrogen (secondary N) is 2. The molecule has 1 saturated heterocycles. The summed E-state index contributed by atoms with van der Waals surface area (Å²) in [5.74, 6) is -1.91. The molecule has 7 nitrogen and oxygen atoms in total. The fourth-order valence-corrected chi connectivity index (χ4v) is 3.74. The predicted molar refractivity (Wildman–Crippen MR) is 117 cm³/mol. The third kappa shape index (κ3) is 6.55. The molecule has 0 saturated carbocycles. The van der Waals surface area contributed by atoms with Crippen molar-refractivity contribution in [3.05, 3.63) is 65.2 Å². The van der Waals surface area contributed by atoms with Gasteiger partial charge in [0.15, 0.2) is 0 Å². The lowest BCUT2D eigenvalue weighted by Gasteiger charge is -2.32. The van der Waals surface area contributed by atoms with Gasteiger partial charge in [-0.2, -0.15) is 13.2 Å². The Hall–Kier alpha value is -3.40. The van der Waals surface area contributed by atoms with Gasteiger partial charge in [-0.1, -0.05) is 30.3 Å². The largest absolute Gasteiger partial charge is 0.451 e. The second-order valence-electron chi connectivity index (χ2n) is 7.83. The maximum Gasteiger partial charge on any atom is 0.451 e. The molecule has 0 atom stereocenters. The molecule has 3 rings (SSSR count). The number of nitrogens with zero attached hydrogens (tertiary/aromatic N) is 1. The maximum absolute atomic E-state index is 12.9. The molecule has 2 aromatic carbocycles. The van der Waals surface area contributed by atoms with Crippen LogP contribution < -0.4 is 16.4 Å². The van der Waals surface area contributed by atoms with Gasteiger partial charge in [-0.15, -0.1) is 0 Å². The van der Waals surface area contributed by atoms with Crippen LogP contribution in [0, 0.1) is 0 Å². The molecule has 0 bridgehead atoms. The highest BCUT2D eigenvalue weighted by molar-refractivity contribution is 5.98. The van der Waals surface area contributed by atoms with Crippen molar-refractivity contribution in [1.82, 2.24) is 10.2 Å². The van der Waals surface area contributed by atoms with Gasteiger partial charge in [0.25, 0.3) is 11.7 Å². The summed E-state index contributed by atoms with van der Waals surface area (Å²) in [4.78, 5) is 37.3. The Balaban J connectivity index is 1.55. The summed E-state index contributed by atoms with van der Waals surface area (Å²) in [5, 5.41) is 4.19. The second-order valence-corrected chi connectivity index (χ2v) is 7.83. The fourth-order valence-electron chi connectivity index (χ4n) is 3.74. The van der Waals surface area contributed by atoms with Gasteiger partial charge in [0, 0.05) is 30.9 Å². The first kappa shape index (κ1) is 24.2. The zero-order valence-corrected chi connectivity index (χ0v) is 17.8. The minimum absolute atomic E-state index is 0.194. The van der Waals surface area contributed by atoms with E-state index in [0.717, 1.165) is 18.4 Å². The van der Waals surface area contributed by atoms with Gasteiger partial charge in [0.05, 0.1) is 6.54 Å². The average Bonchev–Trinajstić information content (AvgIpc) is 2.81. The molecule has 176 valence electrons. The number of carbonyl (C=O) groups is 3. The van der Waals surface area contributed by atoms with Crippen molar-refractivity contribution in [2.75, 3.05) is 25.0 Å². The van der Waals surface area contributed by atoms with Crippen LogP contribution in [0.25, 0.3) is 0 Å². The van der Waals surface area contributed by atoms with Crippen molar-refractivity contribution in [2.24, 2.45) is 5.73 Å². The highest BCUT2D eigenvalue weighted by Crippen LogP contribution is 2.29. The number of amides is 3. The lowest BCUT2D eigenvalue weighted by atomic mass is 9.88. The number of Topliss-reactive ketones (excluding diaryl/α,β-unsaturated/α-hetero) is 1. The predicted octanol–water partition coefficient (Wildman–Crippen LogP) is 3.42. The number of piperidine rings is 1. The second kappa shape index (κ2) is 10.5. The zero-order chi connectivity index (χ0) is 24.0. The summed E-state index contributed by atoms with van der Waals surface area (Å²) in [6, 6.07) is 13.3. The number of halogens is 3. The van der Waals surface area contributed by atoms with Gasteiger partial charge in [0.1, 0.15) is 0 Å². The number of hydrogen-bond donors (Lipinski definition) is 3. The Kier molecular flexibility index (Phi) is 7.70. The number of anilines is 1. The number of rotatable bonds is 6. The Labute approximate surface area is 189 Å². The van der Waals surface area contributed by atoms with Crippen molar-refractivity contribution in [1.29, 1.82) is 0 Å². The zero-order valence-electron chi connectivity index (χ0n) is 17.8. The van der Waals surface area contributed by atoms with Crippen molar-refractivity contribution in [3.63, 3.8) is 0 Å². The van der Waals surface area contributed by atoms with Crippen molar-refractivity contribution < 1.29 is 27.6 Å². The molecule has 2 aromatic rings. The van der Waals surface area contributed by atoms with E-state index in [2.05, 4.69) is 17.4 Å². The standard InChI is InChI=1S/C23H25F3N4O3/c24-23(25,26)20(31)14-28-22(33)29-19-6-2-5-18(12-19)21(32)30-9-7-16(8-10-30)17-4-1-3-15(11-17)13-27/h1-6,11-12,16H,7-10,13-14,27H2,(H2,28,29,33). The molecule has 0 unspecified atom stereocenters. The molecule has 0 spiro atoms. The lowest BCUT2D eigenvalue weighted by molar-refractivity contribution is -0.169. The molecular formula is C23H25F3N4O3. The topological polar surface area (TPSA) is 105 Å². The fraction of sp³-hybridized carbons (Fsp3) is 0.348. The lowest BCUT2D eigenvalue weighted by Crippen LogP contribution is -2.39. The van der Waals surface area contributed by atoms with E-state index in [1.807, 2.05) is 17.4 Å². The van der Waals surface area contributed by atoms with Crippen molar-refractivity contribution in [2.45, 2.75) is 31.5 Å². The molecule has 0 aromatic heterocycles. The number of urea groups is 1. The summed E-state index contributed by atoms with van der Waals surface area (Å²) >= 11 is 0. The molecule has 0 aliphatic carbocycles. The smallest absolute Gasteiger partial charge is 0.339 e. The number of likely N-dealkylation sites (tertiary alicyclic amines) is 1. The first-order valence-electron chi connectivity index (χ1n) is 10.5. The van der Waals surface area contributed by atoms with Crippen LogP contribution in [-0.2, 0) is 11.3 Å². The molecule has 3 amide bonds. The van der Waals surface area contributed by atoms with Gasteiger partial charge in [-0.3, -0.25) is 9.59 Å². The van der Waals surface area contributed by atoms with Crippen LogP contribution in [0.2, 0.25) is 0 Å². The van der Waals surface area contributed by atoms with Crippen LogP contribution in [0.1, 0.15) is 40.2 Å². The molecule has 0 radical (unpaired) electrons. The van der Waals surface area contributed by atoms with Gasteiger partial charge < -0.3 is 21.3 Å². The SMILES string of the molecule is NCc1cccc(C2CCN(C(=O)c3cccc(NC(=O)NCC(=O)C(F)(F)F)c3)CC2)c1. The number of benzene rings is 2. The summed E-state index contributed by atoms with van der Waals surface area (Å²) in [7, 11) is 0. The van der Waals surface area contributed by atoms with Crippen LogP contribution in [-0.4, -0.2) is 48.4 Å². The van der Waals surface area contributed by atoms with Gasteiger partial charge in [-0.25, -0.2) is 4.79 Å². The van der Waals surface area contributed by atoms with E-state index < -0.39 is 24.5 Å². The first-order valence-corrected chi connectivity index (χ1v) is 10.5. The third-order valence-electron chi connectivity index (χ3n) is 5.53. The average molecular weight is 462 g/mol. The minimum Gasteiger partial charge on any atom is -0.339 e. The molecule has 4 N–H and O–H groups in total. The molecule has 10 heteroatoms. The van der Waals surface area contributed by atoms with E-state index in [0.29, 0.717) is 31.1 Å². The van der Waals surface area contributed by atoms with E-state index in [-0.39, 0.29) is 11.6 Å². The molecule has 33 heavy (non-hydrogen) atoms. The number of hydrogen-bond acceptors (Lipinski definition) is 4. The molecule has 1 heterocycles. The van der Waals surface area contributed by atoms with Gasteiger partial charge >= 0.3 is 12.2 Å². The van der Waals surface area contributed by atoms with E-state index >= 15 is 0 Å². The maximum atomic E-state index is 12.9. The highest BCUT2D eigenvalue weighted by atomic mass is 19.4. The summed E-state index contributed by atoms with van der Waals surface area (Å²) in [6.07, 6.45) is -3.39. The molecule has 1 fully saturated rings. The molecular weight excluding hydrogens is 437 g/mol. The monoisotopic (exact) mass is 462 g/mol. The van der Waals surface area contributed by atoms with Crippen LogP contribution in [0.3, 0.4) is 0 Å². The normalized spacial score (nSPS) is 14.6. The molecule has 1 aliphatic heterocycles. The number of ketones is 1. The minimum atomic E-state index is -5.01. The van der Waals surface area contributed by atoms with E-state index in [1.165, 1.54) is 17.7 Å². The van der Waals surface area contributed by atoms with Crippen molar-refractivity contribution >= 4 is 23.4 Å². The Morgan fingerprint density at radius 3 is 2.39 bits per heavy atom. The highest BCUT2D eigenvalue weighted by Gasteiger charge is 2.37. The number of alkyl halides is 3. The van der Waals surface area contributed by atoms with Crippen molar-refractivity contribution in [3.8, 4) is 0 Å². The third-order valence-corrected chi connectivity index (χ3v) is 5.53. The Morgan fingerprint density at radius 2 is 1.73 bits per heavy atom. The Morgan fingerprint density at radius 1 is 1.03 bits per heavy atom. The van der Waals surface area contributed by atoms with Crippen LogP contribution in [0.4, 0.5) is 23.7 Å². The molecule has 1 aliphatic rings. The van der Waals surface area contributed by atoms with Crippen LogP contribution >= 0.6 is 0 Å². The summed E-state index contributed by atoms with van der Waals surface area (Å²) in [5.41, 5.74) is 8.58. The van der Waals surface area contributed by atoms with E-state index in [1.54, 1.807) is 17.0 Å². The number of carbonyl (C=O) groups excluding carboxylic acids is 3. The quantitative estimate of drug-likeness (QED) is 0.612. The van der Waals surface area contributed by atoms with E-state index in [4.69, 9.17) is 5.73 Å².